The van der Waals surface area contributed by atoms with Gasteiger partial charge in [0.05, 0.1) is 25.7 Å². The third kappa shape index (κ3) is 4.77. The van der Waals surface area contributed by atoms with Crippen LogP contribution in [0.25, 0.3) is 0 Å². The fraction of sp³-hybridized carbons (Fsp3) is 0.519. The zero-order valence-electron chi connectivity index (χ0n) is 20.5. The molecule has 194 valence electrons. The van der Waals surface area contributed by atoms with Crippen LogP contribution in [-0.2, 0) is 9.59 Å². The molecule has 1 fully saturated rings. The molecular formula is C27H34N2O7. The largest absolute Gasteiger partial charge is 0.493 e. The molecule has 36 heavy (non-hydrogen) atoms. The van der Waals surface area contributed by atoms with Gasteiger partial charge in [-0.1, -0.05) is 18.9 Å². The summed E-state index contributed by atoms with van der Waals surface area (Å²) in [6.45, 7) is 3.54. The minimum absolute atomic E-state index is 0.0449. The van der Waals surface area contributed by atoms with Gasteiger partial charge in [0.1, 0.15) is 18.5 Å². The van der Waals surface area contributed by atoms with Gasteiger partial charge in [-0.25, -0.2) is 0 Å². The standard InChI is InChI=1S/C27H34N2O7/c1-3-4-9-22(32)29(17-7-5-6-8-17)20-14-19(27(34)28-10-11-30)23-18-12-16(15-31)13-21(35-2)25(18)36-26(23)24(20)33/h3,12-15,17,20,23-24,26,30,33H,1,4-11H2,2H3,(H,28,34)/t20-,23+,24+,26+/m1/s1. The molecular weight excluding hydrogens is 464 g/mol. The lowest BCUT2D eigenvalue weighted by molar-refractivity contribution is -0.140. The van der Waals surface area contributed by atoms with Gasteiger partial charge in [0, 0.05) is 35.7 Å². The highest BCUT2D eigenvalue weighted by molar-refractivity contribution is 5.96. The average Bonchev–Trinajstić information content (AvgIpc) is 3.55. The Labute approximate surface area is 210 Å². The van der Waals surface area contributed by atoms with Crippen molar-refractivity contribution in [2.75, 3.05) is 20.3 Å². The lowest BCUT2D eigenvalue weighted by Crippen LogP contribution is -2.58. The lowest BCUT2D eigenvalue weighted by atomic mass is 9.77. The molecule has 9 heteroatoms. The van der Waals surface area contributed by atoms with Crippen LogP contribution in [0.2, 0.25) is 0 Å². The van der Waals surface area contributed by atoms with E-state index < -0.39 is 30.1 Å². The van der Waals surface area contributed by atoms with Gasteiger partial charge >= 0.3 is 0 Å². The molecule has 0 aromatic heterocycles. The quantitative estimate of drug-likeness (QED) is 0.332. The van der Waals surface area contributed by atoms with Gasteiger partial charge in [0.25, 0.3) is 0 Å². The number of ether oxygens (including phenoxy) is 2. The van der Waals surface area contributed by atoms with Crippen LogP contribution < -0.4 is 14.8 Å². The number of aliphatic hydroxyl groups is 2. The summed E-state index contributed by atoms with van der Waals surface area (Å²) < 4.78 is 11.7. The second kappa shape index (κ2) is 11.3. The number of nitrogens with zero attached hydrogens (tertiary/aromatic N) is 1. The van der Waals surface area contributed by atoms with Crippen molar-refractivity contribution in [1.82, 2.24) is 10.2 Å². The molecule has 0 bridgehead atoms. The zero-order chi connectivity index (χ0) is 25.8. The Hall–Kier alpha value is -3.17. The van der Waals surface area contributed by atoms with Crippen LogP contribution >= 0.6 is 0 Å². The molecule has 3 N–H and O–H groups in total. The molecule has 0 saturated heterocycles. The molecule has 2 amide bonds. The first-order valence-corrected chi connectivity index (χ1v) is 12.5. The number of carbonyl (C=O) groups excluding carboxylic acids is 3. The predicted molar refractivity (Wildman–Crippen MR) is 132 cm³/mol. The first kappa shape index (κ1) is 25.9. The van der Waals surface area contributed by atoms with Crippen molar-refractivity contribution in [2.24, 2.45) is 0 Å². The van der Waals surface area contributed by atoms with E-state index in [2.05, 4.69) is 11.9 Å². The van der Waals surface area contributed by atoms with Crippen molar-refractivity contribution in [3.63, 3.8) is 0 Å². The first-order valence-electron chi connectivity index (χ1n) is 12.5. The van der Waals surface area contributed by atoms with E-state index in [-0.39, 0.29) is 31.5 Å². The van der Waals surface area contributed by atoms with Gasteiger partial charge in [0.15, 0.2) is 11.5 Å². The smallest absolute Gasteiger partial charge is 0.247 e. The average molecular weight is 499 g/mol. The van der Waals surface area contributed by atoms with Crippen LogP contribution in [0.3, 0.4) is 0 Å². The first-order chi connectivity index (χ1) is 17.4. The van der Waals surface area contributed by atoms with Gasteiger partial charge in [-0.05, 0) is 37.5 Å². The minimum atomic E-state index is -1.12. The molecule has 4 atom stereocenters. The number of hydrogen-bond donors (Lipinski definition) is 3. The van der Waals surface area contributed by atoms with E-state index in [0.29, 0.717) is 40.9 Å². The maximum atomic E-state index is 13.4. The van der Waals surface area contributed by atoms with Gasteiger partial charge in [0.2, 0.25) is 11.8 Å². The van der Waals surface area contributed by atoms with E-state index in [9.17, 15) is 24.6 Å². The van der Waals surface area contributed by atoms with Crippen molar-refractivity contribution in [1.29, 1.82) is 0 Å². The molecule has 1 heterocycles. The normalized spacial score (nSPS) is 24.7. The number of amides is 2. The number of benzene rings is 1. The number of nitrogens with one attached hydrogen (secondary N) is 1. The van der Waals surface area contributed by atoms with Crippen LogP contribution in [0.1, 0.15) is 60.4 Å². The van der Waals surface area contributed by atoms with Gasteiger partial charge in [-0.3, -0.25) is 14.4 Å². The molecule has 1 aliphatic heterocycles. The monoisotopic (exact) mass is 498 g/mol. The number of methoxy groups -OCH3 is 1. The zero-order valence-corrected chi connectivity index (χ0v) is 20.5. The Morgan fingerprint density at radius 3 is 2.69 bits per heavy atom. The molecule has 1 aromatic rings. The predicted octanol–water partition coefficient (Wildman–Crippen LogP) is 1.87. The maximum absolute atomic E-state index is 13.4. The summed E-state index contributed by atoms with van der Waals surface area (Å²) in [7, 11) is 1.46. The summed E-state index contributed by atoms with van der Waals surface area (Å²) in [6.07, 6.45) is 6.48. The summed E-state index contributed by atoms with van der Waals surface area (Å²) in [5.74, 6) is -0.506. The Balaban J connectivity index is 1.81. The van der Waals surface area contributed by atoms with E-state index in [4.69, 9.17) is 9.47 Å². The lowest BCUT2D eigenvalue weighted by Gasteiger charge is -2.43. The Morgan fingerprint density at radius 2 is 2.06 bits per heavy atom. The van der Waals surface area contributed by atoms with E-state index in [1.165, 1.54) is 7.11 Å². The molecule has 2 aliphatic carbocycles. The summed E-state index contributed by atoms with van der Waals surface area (Å²) in [5.41, 5.74) is 1.25. The molecule has 9 nitrogen and oxygen atoms in total. The van der Waals surface area contributed by atoms with Gasteiger partial charge < -0.3 is 29.9 Å². The molecule has 4 rings (SSSR count). The number of carbonyl (C=O) groups is 3. The molecule has 0 unspecified atom stereocenters. The second-order valence-corrected chi connectivity index (χ2v) is 9.47. The van der Waals surface area contributed by atoms with E-state index in [1.807, 2.05) is 0 Å². The van der Waals surface area contributed by atoms with Crippen LogP contribution in [0.5, 0.6) is 11.5 Å². The van der Waals surface area contributed by atoms with Crippen LogP contribution in [-0.4, -0.2) is 77.8 Å². The van der Waals surface area contributed by atoms with Crippen LogP contribution in [0.15, 0.2) is 36.4 Å². The molecule has 1 aromatic carbocycles. The summed E-state index contributed by atoms with van der Waals surface area (Å²) in [5, 5.41) is 23.6. The van der Waals surface area contributed by atoms with Gasteiger partial charge in [-0.15, -0.1) is 6.58 Å². The van der Waals surface area contributed by atoms with Crippen molar-refractivity contribution >= 4 is 18.1 Å². The number of rotatable bonds is 10. The van der Waals surface area contributed by atoms with Crippen molar-refractivity contribution < 1.29 is 34.1 Å². The Morgan fingerprint density at radius 1 is 1.31 bits per heavy atom. The summed E-state index contributed by atoms with van der Waals surface area (Å²) in [4.78, 5) is 40.0. The third-order valence-electron chi connectivity index (χ3n) is 7.30. The fourth-order valence-corrected chi connectivity index (χ4v) is 5.68. The Kier molecular flexibility index (Phi) is 8.11. The number of allylic oxidation sites excluding steroid dienone is 1. The molecule has 3 aliphatic rings. The fourth-order valence-electron chi connectivity index (χ4n) is 5.68. The Bertz CT molecular complexity index is 1050. The van der Waals surface area contributed by atoms with Crippen LogP contribution in [0, 0.1) is 0 Å². The van der Waals surface area contributed by atoms with E-state index >= 15 is 0 Å². The molecule has 0 radical (unpaired) electrons. The number of aldehydes is 1. The highest BCUT2D eigenvalue weighted by Crippen LogP contribution is 2.51. The van der Waals surface area contributed by atoms with Crippen molar-refractivity contribution in [3.05, 3.63) is 47.6 Å². The summed E-state index contributed by atoms with van der Waals surface area (Å²) >= 11 is 0. The summed E-state index contributed by atoms with van der Waals surface area (Å²) in [6, 6.07) is 2.37. The topological polar surface area (TPSA) is 125 Å². The number of aliphatic hydroxyl groups excluding tert-OH is 2. The SMILES string of the molecule is C=CCCC(=O)N(C1CCCC1)[C@@H]1C=C(C(=O)NCCO)[C@@H]2c3cc(C=O)cc(OC)c3O[C@@H]2[C@H]1O. The van der Waals surface area contributed by atoms with Crippen molar-refractivity contribution in [3.8, 4) is 11.5 Å². The third-order valence-corrected chi connectivity index (χ3v) is 7.30. The maximum Gasteiger partial charge on any atom is 0.247 e. The highest BCUT2D eigenvalue weighted by atomic mass is 16.5. The minimum Gasteiger partial charge on any atom is -0.493 e. The molecule has 0 spiro atoms. The number of hydrogen-bond acceptors (Lipinski definition) is 7. The van der Waals surface area contributed by atoms with Crippen LogP contribution in [0.4, 0.5) is 0 Å². The number of fused-ring (bicyclic) bond motifs is 3. The second-order valence-electron chi connectivity index (χ2n) is 9.47. The van der Waals surface area contributed by atoms with Crippen molar-refractivity contribution in [2.45, 2.75) is 68.7 Å². The van der Waals surface area contributed by atoms with Gasteiger partial charge in [-0.2, -0.15) is 0 Å². The van der Waals surface area contributed by atoms with E-state index in [1.54, 1.807) is 29.2 Å². The molecule has 1 saturated carbocycles. The highest BCUT2D eigenvalue weighted by Gasteiger charge is 2.52. The van der Waals surface area contributed by atoms with E-state index in [0.717, 1.165) is 25.7 Å².